The van der Waals surface area contributed by atoms with Crippen molar-refractivity contribution in [3.05, 3.63) is 24.3 Å². The zero-order valence-electron chi connectivity index (χ0n) is 13.0. The smallest absolute Gasteiger partial charge is 0.204 e. The van der Waals surface area contributed by atoms with E-state index >= 15 is 0 Å². The Balaban J connectivity index is 1.75. The first-order valence-electron chi connectivity index (χ1n) is 8.23. The van der Waals surface area contributed by atoms with Gasteiger partial charge in [0.15, 0.2) is 0 Å². The number of nitrogens with zero attached hydrogens (tertiary/aromatic N) is 1. The SMILES string of the molecule is C=[N+](C)c1ccc(NC2CCCC3CCCCC32O)cc1. The van der Waals surface area contributed by atoms with E-state index in [1.165, 1.54) is 25.7 Å². The molecule has 21 heavy (non-hydrogen) atoms. The van der Waals surface area contributed by atoms with Gasteiger partial charge < -0.3 is 10.4 Å². The maximum absolute atomic E-state index is 11.2. The van der Waals surface area contributed by atoms with Crippen LogP contribution in [0.2, 0.25) is 0 Å². The van der Waals surface area contributed by atoms with Crippen molar-refractivity contribution in [2.45, 2.75) is 56.6 Å². The molecule has 0 saturated heterocycles. The molecule has 0 heterocycles. The van der Waals surface area contributed by atoms with E-state index in [0.717, 1.165) is 30.6 Å². The van der Waals surface area contributed by atoms with Crippen LogP contribution in [0, 0.1) is 5.92 Å². The highest BCUT2D eigenvalue weighted by Gasteiger charge is 2.47. The Kier molecular flexibility index (Phi) is 4.03. The van der Waals surface area contributed by atoms with Gasteiger partial charge in [0.2, 0.25) is 5.69 Å². The number of hydrogen-bond acceptors (Lipinski definition) is 2. The molecule has 1 aromatic rings. The Morgan fingerprint density at radius 3 is 2.57 bits per heavy atom. The summed E-state index contributed by atoms with van der Waals surface area (Å²) in [4.78, 5) is 0. The van der Waals surface area contributed by atoms with Crippen molar-refractivity contribution in [2.75, 3.05) is 12.4 Å². The summed E-state index contributed by atoms with van der Waals surface area (Å²) in [6.45, 7) is 3.89. The van der Waals surface area contributed by atoms with Crippen molar-refractivity contribution in [1.82, 2.24) is 0 Å². The molecule has 114 valence electrons. The van der Waals surface area contributed by atoms with E-state index in [2.05, 4.69) is 36.3 Å². The Morgan fingerprint density at radius 2 is 1.86 bits per heavy atom. The lowest BCUT2D eigenvalue weighted by molar-refractivity contribution is -0.394. The molecule has 1 aromatic carbocycles. The lowest BCUT2D eigenvalue weighted by Gasteiger charge is -2.49. The van der Waals surface area contributed by atoms with Gasteiger partial charge in [0, 0.05) is 17.8 Å². The summed E-state index contributed by atoms with van der Waals surface area (Å²) < 4.78 is 1.86. The molecule has 3 atom stereocenters. The minimum Gasteiger partial charge on any atom is -0.387 e. The topological polar surface area (TPSA) is 35.3 Å². The van der Waals surface area contributed by atoms with Crippen LogP contribution in [0.25, 0.3) is 0 Å². The predicted molar refractivity (Wildman–Crippen MR) is 87.6 cm³/mol. The van der Waals surface area contributed by atoms with Gasteiger partial charge in [-0.05, 0) is 43.7 Å². The molecule has 0 amide bonds. The second kappa shape index (κ2) is 5.80. The van der Waals surface area contributed by atoms with Gasteiger partial charge in [-0.3, -0.25) is 0 Å². The van der Waals surface area contributed by atoms with E-state index in [1.54, 1.807) is 0 Å². The van der Waals surface area contributed by atoms with Gasteiger partial charge >= 0.3 is 0 Å². The second-order valence-corrected chi connectivity index (χ2v) is 6.81. The molecule has 3 rings (SSSR count). The first kappa shape index (κ1) is 14.6. The van der Waals surface area contributed by atoms with Crippen LogP contribution in [0.5, 0.6) is 0 Å². The zero-order valence-corrected chi connectivity index (χ0v) is 13.0. The molecule has 0 aromatic heterocycles. The molecule has 2 N–H and O–H groups in total. The Bertz CT molecular complexity index is 508. The number of rotatable bonds is 3. The Hall–Kier alpha value is -1.35. The van der Waals surface area contributed by atoms with Gasteiger partial charge in [0.1, 0.15) is 13.8 Å². The average molecular weight is 287 g/mol. The number of hydrogen-bond donors (Lipinski definition) is 2. The van der Waals surface area contributed by atoms with Crippen LogP contribution in [-0.4, -0.2) is 35.1 Å². The third kappa shape index (κ3) is 2.84. The van der Waals surface area contributed by atoms with E-state index in [0.29, 0.717) is 5.92 Å². The fourth-order valence-electron chi connectivity index (χ4n) is 4.13. The first-order valence-corrected chi connectivity index (χ1v) is 8.23. The van der Waals surface area contributed by atoms with Crippen LogP contribution in [0.15, 0.2) is 24.3 Å². The predicted octanol–water partition coefficient (Wildman–Crippen LogP) is 3.55. The largest absolute Gasteiger partial charge is 0.387 e. The molecule has 2 saturated carbocycles. The number of fused-ring (bicyclic) bond motifs is 1. The van der Waals surface area contributed by atoms with Gasteiger partial charge in [-0.15, -0.1) is 0 Å². The first-order chi connectivity index (χ1) is 10.1. The quantitative estimate of drug-likeness (QED) is 0.659. The number of anilines is 1. The second-order valence-electron chi connectivity index (χ2n) is 6.81. The molecule has 0 aliphatic heterocycles. The minimum absolute atomic E-state index is 0.194. The van der Waals surface area contributed by atoms with Crippen molar-refractivity contribution in [2.24, 2.45) is 5.92 Å². The van der Waals surface area contributed by atoms with Crippen LogP contribution in [0.4, 0.5) is 11.4 Å². The number of benzene rings is 1. The molecule has 2 aliphatic carbocycles. The van der Waals surface area contributed by atoms with Crippen LogP contribution < -0.4 is 5.32 Å². The highest BCUT2D eigenvalue weighted by atomic mass is 16.3. The maximum Gasteiger partial charge on any atom is 0.204 e. The lowest BCUT2D eigenvalue weighted by atomic mass is 9.65. The van der Waals surface area contributed by atoms with E-state index in [9.17, 15) is 5.11 Å². The third-order valence-corrected chi connectivity index (χ3v) is 5.38. The summed E-state index contributed by atoms with van der Waals surface area (Å²) in [5.41, 5.74) is 1.70. The van der Waals surface area contributed by atoms with Crippen molar-refractivity contribution in [1.29, 1.82) is 0 Å². The molecule has 2 fully saturated rings. The molecule has 2 aliphatic rings. The molecular formula is C18H27N2O+. The van der Waals surface area contributed by atoms with Crippen LogP contribution in [0.3, 0.4) is 0 Å². The maximum atomic E-state index is 11.2. The van der Waals surface area contributed by atoms with Crippen molar-refractivity contribution >= 4 is 18.1 Å². The molecule has 3 unspecified atom stereocenters. The summed E-state index contributed by atoms with van der Waals surface area (Å²) in [6.07, 6.45) is 8.09. The molecule has 0 bridgehead atoms. The van der Waals surface area contributed by atoms with Crippen molar-refractivity contribution in [3.8, 4) is 0 Å². The van der Waals surface area contributed by atoms with E-state index in [4.69, 9.17) is 0 Å². The summed E-state index contributed by atoms with van der Waals surface area (Å²) >= 11 is 0. The van der Waals surface area contributed by atoms with Crippen LogP contribution in [-0.2, 0) is 0 Å². The molecule has 3 nitrogen and oxygen atoms in total. The summed E-state index contributed by atoms with van der Waals surface area (Å²) in [7, 11) is 1.94. The van der Waals surface area contributed by atoms with Crippen LogP contribution in [0.1, 0.15) is 44.9 Å². The highest BCUT2D eigenvalue weighted by molar-refractivity contribution is 5.50. The summed E-state index contributed by atoms with van der Waals surface area (Å²) in [6, 6.07) is 8.51. The molecular weight excluding hydrogens is 260 g/mol. The van der Waals surface area contributed by atoms with Crippen molar-refractivity contribution < 1.29 is 9.68 Å². The number of nitrogens with one attached hydrogen (secondary N) is 1. The average Bonchev–Trinajstić information content (AvgIpc) is 2.48. The molecule has 3 heteroatoms. The lowest BCUT2D eigenvalue weighted by Crippen LogP contribution is -2.56. The van der Waals surface area contributed by atoms with E-state index in [1.807, 2.05) is 11.6 Å². The number of aliphatic hydroxyl groups is 1. The van der Waals surface area contributed by atoms with Gasteiger partial charge in [0.25, 0.3) is 0 Å². The third-order valence-electron chi connectivity index (χ3n) is 5.38. The highest BCUT2D eigenvalue weighted by Crippen LogP contribution is 2.44. The van der Waals surface area contributed by atoms with Crippen molar-refractivity contribution in [3.63, 3.8) is 0 Å². The Labute approximate surface area is 127 Å². The molecule has 0 spiro atoms. The summed E-state index contributed by atoms with van der Waals surface area (Å²) in [5, 5.41) is 14.8. The fourth-order valence-corrected chi connectivity index (χ4v) is 4.13. The van der Waals surface area contributed by atoms with Gasteiger partial charge in [-0.1, -0.05) is 19.3 Å². The normalized spacial score (nSPS) is 32.3. The summed E-state index contributed by atoms with van der Waals surface area (Å²) in [5.74, 6) is 0.489. The van der Waals surface area contributed by atoms with Gasteiger partial charge in [0.05, 0.1) is 11.6 Å². The Morgan fingerprint density at radius 1 is 1.14 bits per heavy atom. The van der Waals surface area contributed by atoms with Gasteiger partial charge in [-0.2, -0.15) is 0 Å². The fraction of sp³-hybridized carbons (Fsp3) is 0.611. The van der Waals surface area contributed by atoms with E-state index < -0.39 is 5.60 Å². The standard InChI is InChI=1S/C18H27N2O/c1-20(2)16-11-9-15(10-12-16)19-17-8-5-7-14-6-3-4-13-18(14,17)21/h9-12,14,17,19,21H,1,3-8,13H2,2H3/q+1. The minimum atomic E-state index is -0.502. The molecule has 0 radical (unpaired) electrons. The zero-order chi connectivity index (χ0) is 14.9. The van der Waals surface area contributed by atoms with E-state index in [-0.39, 0.29) is 6.04 Å². The van der Waals surface area contributed by atoms with Crippen LogP contribution >= 0.6 is 0 Å². The van der Waals surface area contributed by atoms with Gasteiger partial charge in [-0.25, -0.2) is 4.58 Å². The monoisotopic (exact) mass is 287 g/mol.